The zero-order valence-corrected chi connectivity index (χ0v) is 23.3. The number of carbonyl (C=O) groups is 3. The van der Waals surface area contributed by atoms with Gasteiger partial charge in [0, 0.05) is 11.6 Å². The molecule has 1 rings (SSSR count). The third-order valence-corrected chi connectivity index (χ3v) is 5.83. The summed E-state index contributed by atoms with van der Waals surface area (Å²) in [6.45, 7) is 20.2. The van der Waals surface area contributed by atoms with Crippen LogP contribution in [-0.2, 0) is 14.3 Å². The second kappa shape index (κ2) is 11.8. The van der Waals surface area contributed by atoms with E-state index in [0.717, 1.165) is 0 Å². The molecule has 2 unspecified atom stereocenters. The summed E-state index contributed by atoms with van der Waals surface area (Å²) in [5, 5.41) is 15.7. The maximum absolute atomic E-state index is 14.2. The van der Waals surface area contributed by atoms with Gasteiger partial charge in [-0.25, -0.2) is 4.79 Å². The molecule has 0 heterocycles. The Bertz CT molecular complexity index is 903. The van der Waals surface area contributed by atoms with Crippen molar-refractivity contribution in [1.82, 2.24) is 15.5 Å². The highest BCUT2D eigenvalue weighted by Crippen LogP contribution is 2.34. The molecular formula is C27H45N3O5. The molecule has 0 aliphatic rings. The second-order valence-electron chi connectivity index (χ2n) is 11.4. The lowest BCUT2D eigenvalue weighted by molar-refractivity contribution is -0.150. The summed E-state index contributed by atoms with van der Waals surface area (Å²) in [5.74, 6) is -0.872. The lowest BCUT2D eigenvalue weighted by atomic mass is 9.90. The smallest absolute Gasteiger partial charge is 0.408 e. The molecule has 3 N–H and O–H groups in total. The summed E-state index contributed by atoms with van der Waals surface area (Å²) < 4.78 is 5.41. The van der Waals surface area contributed by atoms with Gasteiger partial charge < -0.3 is 25.4 Å². The van der Waals surface area contributed by atoms with E-state index in [1.165, 1.54) is 6.07 Å². The van der Waals surface area contributed by atoms with Crippen molar-refractivity contribution in [1.29, 1.82) is 0 Å². The van der Waals surface area contributed by atoms with Gasteiger partial charge >= 0.3 is 6.09 Å². The van der Waals surface area contributed by atoms with Crippen LogP contribution in [0.25, 0.3) is 0 Å². The van der Waals surface area contributed by atoms with Crippen LogP contribution in [0, 0.1) is 12.8 Å². The van der Waals surface area contributed by atoms with E-state index in [4.69, 9.17) is 4.74 Å². The molecule has 0 aromatic heterocycles. The number of nitrogens with zero attached hydrogens (tertiary/aromatic N) is 1. The molecule has 0 aliphatic heterocycles. The van der Waals surface area contributed by atoms with Crippen LogP contribution in [0.3, 0.4) is 0 Å². The van der Waals surface area contributed by atoms with Crippen molar-refractivity contribution >= 4 is 17.9 Å². The van der Waals surface area contributed by atoms with Crippen molar-refractivity contribution in [3.05, 3.63) is 29.3 Å². The molecule has 1 aromatic rings. The molecule has 8 heteroatoms. The molecule has 0 bridgehead atoms. The van der Waals surface area contributed by atoms with Gasteiger partial charge in [-0.05, 0) is 91.0 Å². The molecular weight excluding hydrogens is 446 g/mol. The van der Waals surface area contributed by atoms with Crippen molar-refractivity contribution < 1.29 is 24.2 Å². The topological polar surface area (TPSA) is 108 Å². The molecule has 198 valence electrons. The summed E-state index contributed by atoms with van der Waals surface area (Å²) in [7, 11) is 0. The SMILES string of the molecule is CCC(C)(C)N(C(=O)C(NC(=O)OC(C)(C)C)C(C)C)C(C(=O)NC(C)C)c1ccc(O)c(C)c1. The normalized spacial score (nSPS) is 13.9. The first kappa shape index (κ1) is 30.3. The van der Waals surface area contributed by atoms with Crippen LogP contribution in [0.4, 0.5) is 4.79 Å². The number of hydrogen-bond acceptors (Lipinski definition) is 5. The van der Waals surface area contributed by atoms with Crippen molar-refractivity contribution in [3.63, 3.8) is 0 Å². The molecule has 0 aliphatic carbocycles. The van der Waals surface area contributed by atoms with E-state index in [0.29, 0.717) is 17.5 Å². The fourth-order valence-corrected chi connectivity index (χ4v) is 3.67. The summed E-state index contributed by atoms with van der Waals surface area (Å²) in [6.07, 6.45) is -0.124. The molecule has 1 aromatic carbocycles. The molecule has 0 fully saturated rings. The number of alkyl carbamates (subject to hydrolysis) is 1. The summed E-state index contributed by atoms with van der Waals surface area (Å²) in [5.41, 5.74) is -0.280. The van der Waals surface area contributed by atoms with Crippen LogP contribution in [-0.4, -0.2) is 51.1 Å². The first-order chi connectivity index (χ1) is 15.9. The van der Waals surface area contributed by atoms with Gasteiger partial charge in [0.25, 0.3) is 0 Å². The van der Waals surface area contributed by atoms with Gasteiger partial charge in [-0.15, -0.1) is 0 Å². The maximum atomic E-state index is 14.2. The van der Waals surface area contributed by atoms with Crippen LogP contribution < -0.4 is 10.6 Å². The van der Waals surface area contributed by atoms with E-state index < -0.39 is 29.3 Å². The largest absolute Gasteiger partial charge is 0.508 e. The number of hydrogen-bond donors (Lipinski definition) is 3. The van der Waals surface area contributed by atoms with E-state index in [-0.39, 0.29) is 29.5 Å². The number of phenols is 1. The Morgan fingerprint density at radius 1 is 1.03 bits per heavy atom. The number of aryl methyl sites for hydroxylation is 1. The third kappa shape index (κ3) is 8.44. The number of nitrogens with one attached hydrogen (secondary N) is 2. The van der Waals surface area contributed by atoms with Gasteiger partial charge in [0.1, 0.15) is 23.4 Å². The zero-order valence-electron chi connectivity index (χ0n) is 23.3. The van der Waals surface area contributed by atoms with Crippen molar-refractivity contribution in [2.45, 2.75) is 112 Å². The number of benzene rings is 1. The lowest BCUT2D eigenvalue weighted by Gasteiger charge is -2.45. The minimum atomic E-state index is -0.971. The van der Waals surface area contributed by atoms with E-state index >= 15 is 0 Å². The Morgan fingerprint density at radius 2 is 1.60 bits per heavy atom. The third-order valence-electron chi connectivity index (χ3n) is 5.83. The molecule has 8 nitrogen and oxygen atoms in total. The quantitative estimate of drug-likeness (QED) is 0.458. The highest BCUT2D eigenvalue weighted by atomic mass is 16.6. The average molecular weight is 492 g/mol. The predicted octanol–water partition coefficient (Wildman–Crippen LogP) is 4.83. The Labute approximate surface area is 210 Å². The summed E-state index contributed by atoms with van der Waals surface area (Å²) in [6, 6.07) is 2.87. The van der Waals surface area contributed by atoms with Crippen LogP contribution in [0.5, 0.6) is 5.75 Å². The van der Waals surface area contributed by atoms with Crippen molar-refractivity contribution in [2.75, 3.05) is 0 Å². The van der Waals surface area contributed by atoms with Crippen molar-refractivity contribution in [3.8, 4) is 5.75 Å². The molecule has 35 heavy (non-hydrogen) atoms. The Morgan fingerprint density at radius 3 is 2.03 bits per heavy atom. The number of phenolic OH excluding ortho intramolecular Hbond substituents is 1. The first-order valence-electron chi connectivity index (χ1n) is 12.3. The van der Waals surface area contributed by atoms with Gasteiger partial charge in [-0.1, -0.05) is 26.8 Å². The molecule has 0 radical (unpaired) electrons. The number of ether oxygens (including phenoxy) is 1. The monoisotopic (exact) mass is 491 g/mol. The summed E-state index contributed by atoms with van der Waals surface area (Å²) in [4.78, 5) is 41.9. The van der Waals surface area contributed by atoms with Crippen LogP contribution in [0.1, 0.15) is 92.8 Å². The number of aromatic hydroxyl groups is 1. The first-order valence-corrected chi connectivity index (χ1v) is 12.3. The highest BCUT2D eigenvalue weighted by Gasteiger charge is 2.44. The fraction of sp³-hybridized carbons (Fsp3) is 0.667. The van der Waals surface area contributed by atoms with E-state index in [2.05, 4.69) is 10.6 Å². The lowest BCUT2D eigenvalue weighted by Crippen LogP contribution is -2.60. The van der Waals surface area contributed by atoms with Gasteiger partial charge in [-0.3, -0.25) is 9.59 Å². The number of rotatable bonds is 9. The molecule has 0 spiro atoms. The van der Waals surface area contributed by atoms with Gasteiger partial charge in [-0.2, -0.15) is 0 Å². The average Bonchev–Trinajstić information content (AvgIpc) is 2.69. The number of carbonyl (C=O) groups excluding carboxylic acids is 3. The molecule has 0 saturated carbocycles. The Hall–Kier alpha value is -2.77. The maximum Gasteiger partial charge on any atom is 0.408 e. The molecule has 2 atom stereocenters. The standard InChI is InChI=1S/C27H45N3O5/c1-12-27(10,11)30(24(33)21(16(2)3)29-25(34)35-26(7,8)9)22(23(32)28-17(4)5)19-13-14-20(31)18(6)15-19/h13-17,21-22,31H,12H2,1-11H3,(H,28,32)(H,29,34). The minimum absolute atomic E-state index is 0.107. The van der Waals surface area contributed by atoms with Crippen LogP contribution >= 0.6 is 0 Å². The van der Waals surface area contributed by atoms with E-state index in [9.17, 15) is 19.5 Å². The Kier molecular flexibility index (Phi) is 10.2. The second-order valence-corrected chi connectivity index (χ2v) is 11.4. The zero-order chi connectivity index (χ0) is 27.3. The van der Waals surface area contributed by atoms with Gasteiger partial charge in [0.2, 0.25) is 11.8 Å². The highest BCUT2D eigenvalue weighted by molar-refractivity contribution is 5.93. The predicted molar refractivity (Wildman–Crippen MR) is 138 cm³/mol. The fourth-order valence-electron chi connectivity index (χ4n) is 3.67. The van der Waals surface area contributed by atoms with Gasteiger partial charge in [0.15, 0.2) is 0 Å². The molecule has 3 amide bonds. The summed E-state index contributed by atoms with van der Waals surface area (Å²) >= 11 is 0. The number of amides is 3. The van der Waals surface area contributed by atoms with Crippen LogP contribution in [0.2, 0.25) is 0 Å². The van der Waals surface area contributed by atoms with E-state index in [1.54, 1.807) is 44.7 Å². The minimum Gasteiger partial charge on any atom is -0.508 e. The van der Waals surface area contributed by atoms with E-state index in [1.807, 2.05) is 48.5 Å². The van der Waals surface area contributed by atoms with Crippen molar-refractivity contribution in [2.24, 2.45) is 5.92 Å². The van der Waals surface area contributed by atoms with Crippen LogP contribution in [0.15, 0.2) is 18.2 Å². The Balaban J connectivity index is 3.66. The van der Waals surface area contributed by atoms with Gasteiger partial charge in [0.05, 0.1) is 0 Å². The molecule has 0 saturated heterocycles.